The number of benzene rings is 2. The average Bonchev–Trinajstić information content (AvgIpc) is 3.29. The Morgan fingerprint density at radius 1 is 1.16 bits per heavy atom. The zero-order chi connectivity index (χ0) is 22.0. The van der Waals surface area contributed by atoms with E-state index in [1.54, 1.807) is 30.3 Å². The highest BCUT2D eigenvalue weighted by molar-refractivity contribution is 7.15. The molecule has 1 amide bonds. The van der Waals surface area contributed by atoms with E-state index in [9.17, 15) is 22.8 Å². The van der Waals surface area contributed by atoms with Gasteiger partial charge in [-0.15, -0.1) is 11.3 Å². The molecule has 4 rings (SSSR count). The van der Waals surface area contributed by atoms with Crippen molar-refractivity contribution in [3.05, 3.63) is 81.3 Å². The number of anilines is 1. The van der Waals surface area contributed by atoms with Gasteiger partial charge < -0.3 is 9.73 Å². The summed E-state index contributed by atoms with van der Waals surface area (Å²) in [6.45, 7) is 0.143. The van der Waals surface area contributed by atoms with Crippen molar-refractivity contribution in [2.75, 3.05) is 5.32 Å². The number of hydrogen-bond donors (Lipinski definition) is 1. The van der Waals surface area contributed by atoms with Gasteiger partial charge in [0.1, 0.15) is 0 Å². The van der Waals surface area contributed by atoms with E-state index in [1.807, 2.05) is 0 Å². The molecule has 31 heavy (non-hydrogen) atoms. The lowest BCUT2D eigenvalue weighted by Gasteiger charge is -2.07. The summed E-state index contributed by atoms with van der Waals surface area (Å²) in [6, 6.07) is 12.0. The third-order valence-electron chi connectivity index (χ3n) is 4.57. The fourth-order valence-electron chi connectivity index (χ4n) is 3.13. The van der Waals surface area contributed by atoms with Gasteiger partial charge in [-0.05, 0) is 23.8 Å². The maximum absolute atomic E-state index is 12.9. The quantitative estimate of drug-likeness (QED) is 0.465. The second-order valence-corrected chi connectivity index (χ2v) is 7.91. The fourth-order valence-corrected chi connectivity index (χ4v) is 3.99. The van der Waals surface area contributed by atoms with Crippen LogP contribution in [0.5, 0.6) is 0 Å². The topological polar surface area (TPSA) is 77.1 Å². The van der Waals surface area contributed by atoms with Crippen molar-refractivity contribution in [3.63, 3.8) is 0 Å². The molecular formula is C21H16F3N3O3S. The number of amides is 1. The molecule has 6 nitrogen and oxygen atoms in total. The third kappa shape index (κ3) is 4.85. The first kappa shape index (κ1) is 20.9. The van der Waals surface area contributed by atoms with Crippen LogP contribution < -0.4 is 11.1 Å². The number of halogens is 3. The van der Waals surface area contributed by atoms with Crippen LogP contribution in [0.2, 0.25) is 0 Å². The number of para-hydroxylation sites is 2. The van der Waals surface area contributed by atoms with Gasteiger partial charge in [-0.1, -0.05) is 30.3 Å². The summed E-state index contributed by atoms with van der Waals surface area (Å²) in [7, 11) is 0. The monoisotopic (exact) mass is 447 g/mol. The molecule has 160 valence electrons. The Morgan fingerprint density at radius 2 is 1.97 bits per heavy atom. The van der Waals surface area contributed by atoms with E-state index < -0.39 is 17.5 Å². The lowest BCUT2D eigenvalue weighted by Crippen LogP contribution is -2.19. The number of nitrogens with zero attached hydrogens (tertiary/aromatic N) is 2. The predicted molar refractivity (Wildman–Crippen MR) is 110 cm³/mol. The molecule has 0 aliphatic heterocycles. The van der Waals surface area contributed by atoms with Gasteiger partial charge in [-0.25, -0.2) is 9.78 Å². The molecule has 0 radical (unpaired) electrons. The molecule has 2 aromatic heterocycles. The number of rotatable bonds is 6. The lowest BCUT2D eigenvalue weighted by atomic mass is 10.1. The summed E-state index contributed by atoms with van der Waals surface area (Å²) < 4.78 is 45.1. The molecule has 0 spiro atoms. The van der Waals surface area contributed by atoms with E-state index in [0.717, 1.165) is 12.1 Å². The van der Waals surface area contributed by atoms with E-state index in [1.165, 1.54) is 28.2 Å². The van der Waals surface area contributed by atoms with E-state index >= 15 is 0 Å². The van der Waals surface area contributed by atoms with E-state index in [4.69, 9.17) is 4.42 Å². The summed E-state index contributed by atoms with van der Waals surface area (Å²) >= 11 is 1.19. The number of fused-ring (bicyclic) bond motifs is 1. The maximum Gasteiger partial charge on any atom is 0.419 e. The maximum atomic E-state index is 12.9. The molecule has 0 atom stereocenters. The predicted octanol–water partition coefficient (Wildman–Crippen LogP) is 4.69. The first-order valence-corrected chi connectivity index (χ1v) is 10.1. The summed E-state index contributed by atoms with van der Waals surface area (Å²) in [6.07, 6.45) is -2.57. The number of carbonyl (C=O) groups excluding carboxylic acids is 1. The zero-order valence-electron chi connectivity index (χ0n) is 16.0. The fraction of sp³-hybridized carbons (Fsp3) is 0.190. The van der Waals surface area contributed by atoms with Crippen molar-refractivity contribution in [1.29, 1.82) is 0 Å². The van der Waals surface area contributed by atoms with Gasteiger partial charge in [0.25, 0.3) is 0 Å². The number of aromatic nitrogens is 2. The number of oxazole rings is 1. The van der Waals surface area contributed by atoms with Crippen molar-refractivity contribution in [2.45, 2.75) is 25.6 Å². The SMILES string of the molecule is O=C(CCn1c(=O)oc2ccccc21)Nc1ncc(Cc2cccc(C(F)(F)F)c2)s1. The number of alkyl halides is 3. The normalized spacial score (nSPS) is 11.7. The second kappa shape index (κ2) is 8.38. The standard InChI is InChI=1S/C21H16F3N3O3S/c22-21(23,24)14-5-3-4-13(10-14)11-15-12-25-19(31-15)26-18(28)8-9-27-16-6-1-2-7-17(16)30-20(27)29/h1-7,10,12H,8-9,11H2,(H,25,26,28). The molecule has 0 fully saturated rings. The highest BCUT2D eigenvalue weighted by atomic mass is 32.1. The van der Waals surface area contributed by atoms with Gasteiger partial charge in [0, 0.05) is 30.5 Å². The molecule has 0 unspecified atom stereocenters. The molecule has 0 aliphatic rings. The van der Waals surface area contributed by atoms with Crippen LogP contribution in [-0.4, -0.2) is 15.5 Å². The Bertz CT molecular complexity index is 1290. The van der Waals surface area contributed by atoms with Crippen LogP contribution in [0.15, 0.2) is 63.9 Å². The third-order valence-corrected chi connectivity index (χ3v) is 5.48. The number of thiazole rings is 1. The minimum atomic E-state index is -4.40. The van der Waals surface area contributed by atoms with E-state index in [2.05, 4.69) is 10.3 Å². The first-order chi connectivity index (χ1) is 14.8. The molecular weight excluding hydrogens is 431 g/mol. The Balaban J connectivity index is 1.37. The van der Waals surface area contributed by atoms with Crippen LogP contribution >= 0.6 is 11.3 Å². The van der Waals surface area contributed by atoms with Crippen molar-refractivity contribution in [1.82, 2.24) is 9.55 Å². The Labute approximate surface area is 178 Å². The van der Waals surface area contributed by atoms with Gasteiger partial charge in [0.2, 0.25) is 5.91 Å². The molecule has 0 bridgehead atoms. The Morgan fingerprint density at radius 3 is 2.77 bits per heavy atom. The molecule has 0 saturated carbocycles. The second-order valence-electron chi connectivity index (χ2n) is 6.79. The molecule has 0 aliphatic carbocycles. The van der Waals surface area contributed by atoms with Crippen LogP contribution in [0, 0.1) is 0 Å². The van der Waals surface area contributed by atoms with Crippen LogP contribution in [0.3, 0.4) is 0 Å². The number of hydrogen-bond acceptors (Lipinski definition) is 5. The minimum absolute atomic E-state index is 0.0337. The van der Waals surface area contributed by atoms with Gasteiger partial charge >= 0.3 is 11.9 Å². The Kier molecular flexibility index (Phi) is 5.64. The molecule has 1 N–H and O–H groups in total. The summed E-state index contributed by atoms with van der Waals surface area (Å²) in [4.78, 5) is 29.0. The van der Waals surface area contributed by atoms with Crippen molar-refractivity contribution in [3.8, 4) is 0 Å². The van der Waals surface area contributed by atoms with Gasteiger partial charge in [0.05, 0.1) is 11.1 Å². The minimum Gasteiger partial charge on any atom is -0.408 e. The molecule has 4 aromatic rings. The van der Waals surface area contributed by atoms with Gasteiger partial charge in [0.15, 0.2) is 10.7 Å². The average molecular weight is 447 g/mol. The smallest absolute Gasteiger partial charge is 0.408 e. The number of nitrogens with one attached hydrogen (secondary N) is 1. The zero-order valence-corrected chi connectivity index (χ0v) is 16.8. The summed E-state index contributed by atoms with van der Waals surface area (Å²) in [5.74, 6) is -0.872. The lowest BCUT2D eigenvalue weighted by molar-refractivity contribution is -0.137. The number of aryl methyl sites for hydroxylation is 1. The highest BCUT2D eigenvalue weighted by Crippen LogP contribution is 2.30. The first-order valence-electron chi connectivity index (χ1n) is 9.28. The van der Waals surface area contributed by atoms with Crippen molar-refractivity contribution >= 4 is 33.5 Å². The molecule has 0 saturated heterocycles. The van der Waals surface area contributed by atoms with Crippen molar-refractivity contribution in [2.24, 2.45) is 0 Å². The highest BCUT2D eigenvalue weighted by Gasteiger charge is 2.30. The van der Waals surface area contributed by atoms with Gasteiger partial charge in [-0.3, -0.25) is 9.36 Å². The molecule has 2 heterocycles. The van der Waals surface area contributed by atoms with Crippen molar-refractivity contribution < 1.29 is 22.4 Å². The van der Waals surface area contributed by atoms with Crippen LogP contribution in [0.4, 0.5) is 18.3 Å². The van der Waals surface area contributed by atoms with Crippen LogP contribution in [0.25, 0.3) is 11.1 Å². The molecule has 10 heteroatoms. The molecule has 2 aromatic carbocycles. The Hall–Kier alpha value is -3.40. The van der Waals surface area contributed by atoms with E-state index in [-0.39, 0.29) is 25.3 Å². The number of carbonyl (C=O) groups is 1. The summed E-state index contributed by atoms with van der Waals surface area (Å²) in [5, 5.41) is 3.00. The van der Waals surface area contributed by atoms with Crippen LogP contribution in [-0.2, 0) is 23.9 Å². The van der Waals surface area contributed by atoms with Crippen LogP contribution in [0.1, 0.15) is 22.4 Å². The summed E-state index contributed by atoms with van der Waals surface area (Å²) in [5.41, 5.74) is 0.859. The van der Waals surface area contributed by atoms with E-state index in [0.29, 0.717) is 26.7 Å². The largest absolute Gasteiger partial charge is 0.419 e. The van der Waals surface area contributed by atoms with Gasteiger partial charge in [-0.2, -0.15) is 13.2 Å².